The van der Waals surface area contributed by atoms with E-state index in [0.717, 1.165) is 12.1 Å². The van der Waals surface area contributed by atoms with Gasteiger partial charge in [0.05, 0.1) is 22.4 Å². The third kappa shape index (κ3) is 5.21. The third-order valence-electron chi connectivity index (χ3n) is 4.77. The molecule has 162 valence electrons. The summed E-state index contributed by atoms with van der Waals surface area (Å²) in [6, 6.07) is 7.13. The number of benzene rings is 2. The van der Waals surface area contributed by atoms with E-state index < -0.39 is 49.5 Å². The fourth-order valence-corrected chi connectivity index (χ4v) is 6.16. The minimum absolute atomic E-state index is 0.0601. The normalized spacial score (nSPS) is 19.4. The molecule has 0 aromatic heterocycles. The Balaban J connectivity index is 1.67. The summed E-state index contributed by atoms with van der Waals surface area (Å²) in [6.07, 6.45) is 0.212. The standard InChI is InChI=1S/C19H20F2N2O5S2/c1-12(14-4-7-17(20)18(21)10-14)22-19(24)13-2-5-16(6-3-13)30(27,28)23-15-8-9-29(25,26)11-15/h2-7,10,12,15,23H,8-9,11H2,1H3,(H,22,24)/t12-,15+/m0/s1. The molecule has 1 heterocycles. The molecule has 2 aromatic carbocycles. The first-order valence-electron chi connectivity index (χ1n) is 9.05. The molecule has 1 fully saturated rings. The van der Waals surface area contributed by atoms with Crippen molar-refractivity contribution in [1.82, 2.24) is 10.0 Å². The lowest BCUT2D eigenvalue weighted by atomic mass is 10.1. The second kappa shape index (κ2) is 8.40. The van der Waals surface area contributed by atoms with Crippen LogP contribution in [0.2, 0.25) is 0 Å². The Hall–Kier alpha value is -2.37. The summed E-state index contributed by atoms with van der Waals surface area (Å²) in [6.45, 7) is 1.60. The van der Waals surface area contributed by atoms with Crippen LogP contribution in [0.15, 0.2) is 47.4 Å². The lowest BCUT2D eigenvalue weighted by molar-refractivity contribution is 0.0939. The molecule has 1 amide bonds. The Morgan fingerprint density at radius 2 is 1.77 bits per heavy atom. The molecular weight excluding hydrogens is 438 g/mol. The number of amides is 1. The molecule has 11 heteroatoms. The SMILES string of the molecule is C[C@H](NC(=O)c1ccc(S(=O)(=O)N[C@@H]2CCS(=O)(=O)C2)cc1)c1ccc(F)c(F)c1. The Morgan fingerprint density at radius 1 is 1.10 bits per heavy atom. The van der Waals surface area contributed by atoms with E-state index in [9.17, 15) is 30.4 Å². The van der Waals surface area contributed by atoms with Crippen molar-refractivity contribution in [3.8, 4) is 0 Å². The van der Waals surface area contributed by atoms with Gasteiger partial charge in [-0.3, -0.25) is 4.79 Å². The Bertz CT molecular complexity index is 1170. The molecule has 3 rings (SSSR count). The highest BCUT2D eigenvalue weighted by molar-refractivity contribution is 7.92. The van der Waals surface area contributed by atoms with Gasteiger partial charge in [0, 0.05) is 11.6 Å². The summed E-state index contributed by atoms with van der Waals surface area (Å²) in [7, 11) is -7.17. The number of nitrogens with one attached hydrogen (secondary N) is 2. The largest absolute Gasteiger partial charge is 0.346 e. The van der Waals surface area contributed by atoms with Gasteiger partial charge in [0.15, 0.2) is 21.5 Å². The fraction of sp³-hybridized carbons (Fsp3) is 0.316. The minimum Gasteiger partial charge on any atom is -0.346 e. The van der Waals surface area contributed by atoms with Crippen LogP contribution < -0.4 is 10.0 Å². The van der Waals surface area contributed by atoms with Gasteiger partial charge < -0.3 is 5.32 Å². The zero-order valence-corrected chi connectivity index (χ0v) is 17.6. The molecule has 0 aliphatic carbocycles. The number of carbonyl (C=O) groups excluding carboxylic acids is 1. The highest BCUT2D eigenvalue weighted by Gasteiger charge is 2.31. The van der Waals surface area contributed by atoms with Crippen LogP contribution >= 0.6 is 0 Å². The first-order chi connectivity index (χ1) is 14.0. The van der Waals surface area contributed by atoms with Gasteiger partial charge in [-0.1, -0.05) is 6.07 Å². The number of rotatable bonds is 6. The van der Waals surface area contributed by atoms with Crippen molar-refractivity contribution < 1.29 is 30.4 Å². The van der Waals surface area contributed by atoms with Crippen LogP contribution in [-0.4, -0.2) is 40.3 Å². The summed E-state index contributed by atoms with van der Waals surface area (Å²) in [5, 5.41) is 2.63. The topological polar surface area (TPSA) is 109 Å². The van der Waals surface area contributed by atoms with Crippen molar-refractivity contribution in [2.24, 2.45) is 0 Å². The van der Waals surface area contributed by atoms with E-state index in [0.29, 0.717) is 5.56 Å². The van der Waals surface area contributed by atoms with E-state index in [1.165, 1.54) is 30.3 Å². The summed E-state index contributed by atoms with van der Waals surface area (Å²) >= 11 is 0. The second-order valence-electron chi connectivity index (χ2n) is 7.11. The third-order valence-corrected chi connectivity index (χ3v) is 8.08. The summed E-state index contributed by atoms with van der Waals surface area (Å²) in [5.41, 5.74) is 0.545. The van der Waals surface area contributed by atoms with Crippen LogP contribution in [0.4, 0.5) is 8.78 Å². The van der Waals surface area contributed by atoms with Crippen molar-refractivity contribution >= 4 is 25.8 Å². The van der Waals surface area contributed by atoms with Gasteiger partial charge >= 0.3 is 0 Å². The van der Waals surface area contributed by atoms with Crippen LogP contribution in [0.1, 0.15) is 35.3 Å². The van der Waals surface area contributed by atoms with Crippen LogP contribution in [0.25, 0.3) is 0 Å². The lowest BCUT2D eigenvalue weighted by Gasteiger charge is -2.15. The molecule has 0 radical (unpaired) electrons. The van der Waals surface area contributed by atoms with Crippen LogP contribution in [0.3, 0.4) is 0 Å². The van der Waals surface area contributed by atoms with Gasteiger partial charge in [0.1, 0.15) is 0 Å². The highest BCUT2D eigenvalue weighted by Crippen LogP contribution is 2.18. The van der Waals surface area contributed by atoms with Gasteiger partial charge in [-0.05, 0) is 55.3 Å². The quantitative estimate of drug-likeness (QED) is 0.688. The highest BCUT2D eigenvalue weighted by atomic mass is 32.2. The molecule has 2 N–H and O–H groups in total. The number of carbonyl (C=O) groups is 1. The summed E-state index contributed by atoms with van der Waals surface area (Å²) in [4.78, 5) is 12.3. The Kier molecular flexibility index (Phi) is 6.25. The molecule has 30 heavy (non-hydrogen) atoms. The molecule has 0 saturated carbocycles. The van der Waals surface area contributed by atoms with Crippen LogP contribution in [-0.2, 0) is 19.9 Å². The number of hydrogen-bond acceptors (Lipinski definition) is 5. The van der Waals surface area contributed by atoms with Gasteiger partial charge in [-0.15, -0.1) is 0 Å². The molecule has 1 aliphatic rings. The first kappa shape index (κ1) is 22.3. The second-order valence-corrected chi connectivity index (χ2v) is 11.1. The van der Waals surface area contributed by atoms with E-state index >= 15 is 0 Å². The zero-order valence-electron chi connectivity index (χ0n) is 15.9. The average Bonchev–Trinajstić information content (AvgIpc) is 3.01. The summed E-state index contributed by atoms with van der Waals surface area (Å²) < 4.78 is 76.6. The number of hydrogen-bond donors (Lipinski definition) is 2. The molecule has 0 spiro atoms. The van der Waals surface area contributed by atoms with Crippen molar-refractivity contribution in [2.45, 2.75) is 30.3 Å². The van der Waals surface area contributed by atoms with Crippen molar-refractivity contribution in [3.63, 3.8) is 0 Å². The fourth-order valence-electron chi connectivity index (χ4n) is 3.11. The lowest BCUT2D eigenvalue weighted by Crippen LogP contribution is -2.35. The minimum atomic E-state index is -3.93. The molecule has 0 bridgehead atoms. The van der Waals surface area contributed by atoms with Crippen molar-refractivity contribution in [3.05, 3.63) is 65.2 Å². The molecular formula is C19H20F2N2O5S2. The predicted molar refractivity (Wildman–Crippen MR) is 106 cm³/mol. The predicted octanol–water partition coefficient (Wildman–Crippen LogP) is 1.92. The molecule has 0 unspecified atom stereocenters. The zero-order chi connectivity index (χ0) is 22.1. The van der Waals surface area contributed by atoms with E-state index in [1.54, 1.807) is 6.92 Å². The smallest absolute Gasteiger partial charge is 0.251 e. The van der Waals surface area contributed by atoms with E-state index in [1.807, 2.05) is 0 Å². The monoisotopic (exact) mass is 458 g/mol. The van der Waals surface area contributed by atoms with E-state index in [-0.39, 0.29) is 28.4 Å². The summed E-state index contributed by atoms with van der Waals surface area (Å²) in [5.74, 6) is -2.83. The maximum atomic E-state index is 13.4. The van der Waals surface area contributed by atoms with Gasteiger partial charge in [-0.25, -0.2) is 30.3 Å². The van der Waals surface area contributed by atoms with E-state index in [4.69, 9.17) is 0 Å². The molecule has 1 saturated heterocycles. The molecule has 2 atom stereocenters. The van der Waals surface area contributed by atoms with Crippen molar-refractivity contribution in [1.29, 1.82) is 0 Å². The maximum absolute atomic E-state index is 13.4. The average molecular weight is 459 g/mol. The number of sulfone groups is 1. The number of sulfonamides is 1. The van der Waals surface area contributed by atoms with Crippen LogP contribution in [0.5, 0.6) is 0 Å². The number of halogens is 2. The van der Waals surface area contributed by atoms with Gasteiger partial charge in [-0.2, -0.15) is 0 Å². The molecule has 2 aromatic rings. The van der Waals surface area contributed by atoms with Crippen molar-refractivity contribution in [2.75, 3.05) is 11.5 Å². The van der Waals surface area contributed by atoms with Crippen LogP contribution in [0, 0.1) is 11.6 Å². The maximum Gasteiger partial charge on any atom is 0.251 e. The Labute approximate surface area is 173 Å². The van der Waals surface area contributed by atoms with Gasteiger partial charge in [0.2, 0.25) is 10.0 Å². The molecule has 1 aliphatic heterocycles. The van der Waals surface area contributed by atoms with E-state index in [2.05, 4.69) is 10.0 Å². The first-order valence-corrected chi connectivity index (χ1v) is 12.4. The Morgan fingerprint density at radius 3 is 2.33 bits per heavy atom. The molecule has 7 nitrogen and oxygen atoms in total. The van der Waals surface area contributed by atoms with Gasteiger partial charge in [0.25, 0.3) is 5.91 Å².